The van der Waals surface area contributed by atoms with E-state index in [4.69, 9.17) is 0 Å². The lowest BCUT2D eigenvalue weighted by Crippen LogP contribution is -2.37. The molecule has 0 radical (unpaired) electrons. The van der Waals surface area contributed by atoms with Gasteiger partial charge in [-0.15, -0.1) is 0 Å². The van der Waals surface area contributed by atoms with Gasteiger partial charge >= 0.3 is 0 Å². The van der Waals surface area contributed by atoms with Crippen LogP contribution in [0.2, 0.25) is 0 Å². The molecule has 0 saturated heterocycles. The molecule has 0 unspecified atom stereocenters. The van der Waals surface area contributed by atoms with Crippen LogP contribution in [0.4, 0.5) is 0 Å². The Morgan fingerprint density at radius 2 is 1.88 bits per heavy atom. The number of rotatable bonds is 8. The largest absolute Gasteiger partial charge is 0.340 e. The van der Waals surface area contributed by atoms with Crippen molar-refractivity contribution in [3.8, 4) is 0 Å². The molecule has 0 spiro atoms. The molecule has 0 aromatic heterocycles. The quantitative estimate of drug-likeness (QED) is 0.647. The van der Waals surface area contributed by atoms with Crippen LogP contribution in [0.15, 0.2) is 0 Å². The molecule has 3 heteroatoms. The molecule has 0 aliphatic carbocycles. The second-order valence-electron chi connectivity index (χ2n) is 4.89. The van der Waals surface area contributed by atoms with Crippen molar-refractivity contribution in [1.82, 2.24) is 10.2 Å². The molecule has 0 rings (SSSR count). The van der Waals surface area contributed by atoms with Gasteiger partial charge in [0.05, 0.1) is 0 Å². The maximum atomic E-state index is 11.9. The van der Waals surface area contributed by atoms with Crippen LogP contribution in [0, 0.1) is 0 Å². The molecule has 0 aliphatic heterocycles. The molecular weight excluding hydrogens is 200 g/mol. The fourth-order valence-electron chi connectivity index (χ4n) is 1.69. The number of amides is 1. The molecule has 1 amide bonds. The lowest BCUT2D eigenvalue weighted by molar-refractivity contribution is -0.133. The standard InChI is InChI=1S/C13H28N2O/c1-6-10-15(12(4)5)13(16)8-7-9-14-11(2)3/h11-12,14H,6-10H2,1-5H3. The van der Waals surface area contributed by atoms with Gasteiger partial charge in [-0.3, -0.25) is 4.79 Å². The second kappa shape index (κ2) is 8.57. The van der Waals surface area contributed by atoms with Gasteiger partial charge in [0.15, 0.2) is 0 Å². The van der Waals surface area contributed by atoms with Crippen molar-refractivity contribution in [2.45, 2.75) is 66.0 Å². The predicted molar refractivity (Wildman–Crippen MR) is 69.5 cm³/mol. The van der Waals surface area contributed by atoms with E-state index in [1.54, 1.807) is 0 Å². The van der Waals surface area contributed by atoms with Gasteiger partial charge in [0.2, 0.25) is 5.91 Å². The Labute approximate surface area is 101 Å². The van der Waals surface area contributed by atoms with Gasteiger partial charge in [-0.2, -0.15) is 0 Å². The molecule has 0 fully saturated rings. The minimum Gasteiger partial charge on any atom is -0.340 e. The van der Waals surface area contributed by atoms with Gasteiger partial charge in [0.1, 0.15) is 0 Å². The fraction of sp³-hybridized carbons (Fsp3) is 0.923. The highest BCUT2D eigenvalue weighted by atomic mass is 16.2. The highest BCUT2D eigenvalue weighted by Gasteiger charge is 2.14. The van der Waals surface area contributed by atoms with Crippen molar-refractivity contribution in [3.63, 3.8) is 0 Å². The van der Waals surface area contributed by atoms with E-state index in [0.717, 1.165) is 25.9 Å². The topological polar surface area (TPSA) is 32.3 Å². The Morgan fingerprint density at radius 3 is 2.31 bits per heavy atom. The summed E-state index contributed by atoms with van der Waals surface area (Å²) >= 11 is 0. The summed E-state index contributed by atoms with van der Waals surface area (Å²) in [6, 6.07) is 0.831. The molecule has 0 saturated carbocycles. The summed E-state index contributed by atoms with van der Waals surface area (Å²) in [6.07, 6.45) is 2.63. The molecule has 0 heterocycles. The van der Waals surface area contributed by atoms with Gasteiger partial charge in [-0.05, 0) is 33.2 Å². The highest BCUT2D eigenvalue weighted by molar-refractivity contribution is 5.76. The van der Waals surface area contributed by atoms with Crippen LogP contribution in [-0.4, -0.2) is 36.0 Å². The zero-order chi connectivity index (χ0) is 12.6. The molecule has 0 aromatic rings. The van der Waals surface area contributed by atoms with Crippen LogP contribution >= 0.6 is 0 Å². The molecule has 0 aliphatic rings. The first-order valence-corrected chi connectivity index (χ1v) is 6.51. The van der Waals surface area contributed by atoms with Gasteiger partial charge in [-0.25, -0.2) is 0 Å². The van der Waals surface area contributed by atoms with Crippen molar-refractivity contribution >= 4 is 5.91 Å². The number of carbonyl (C=O) groups is 1. The zero-order valence-corrected chi connectivity index (χ0v) is 11.5. The number of hydrogen-bond donors (Lipinski definition) is 1. The second-order valence-corrected chi connectivity index (χ2v) is 4.89. The first-order chi connectivity index (χ1) is 7.49. The van der Waals surface area contributed by atoms with E-state index in [2.05, 4.69) is 39.9 Å². The molecule has 0 bridgehead atoms. The van der Waals surface area contributed by atoms with Crippen molar-refractivity contribution in [2.75, 3.05) is 13.1 Å². The molecule has 16 heavy (non-hydrogen) atoms. The van der Waals surface area contributed by atoms with E-state index < -0.39 is 0 Å². The fourth-order valence-corrected chi connectivity index (χ4v) is 1.69. The highest BCUT2D eigenvalue weighted by Crippen LogP contribution is 2.04. The summed E-state index contributed by atoms with van der Waals surface area (Å²) in [6.45, 7) is 12.3. The van der Waals surface area contributed by atoms with E-state index in [1.165, 1.54) is 0 Å². The number of nitrogens with one attached hydrogen (secondary N) is 1. The Kier molecular flexibility index (Phi) is 8.26. The van der Waals surface area contributed by atoms with E-state index in [-0.39, 0.29) is 0 Å². The Balaban J connectivity index is 3.83. The van der Waals surface area contributed by atoms with E-state index in [1.807, 2.05) is 4.90 Å². The van der Waals surface area contributed by atoms with Crippen LogP contribution in [0.3, 0.4) is 0 Å². The lowest BCUT2D eigenvalue weighted by Gasteiger charge is -2.26. The van der Waals surface area contributed by atoms with Crippen LogP contribution < -0.4 is 5.32 Å². The normalized spacial score (nSPS) is 11.2. The minimum absolute atomic E-state index is 0.294. The average Bonchev–Trinajstić information content (AvgIpc) is 2.19. The summed E-state index contributed by atoms with van der Waals surface area (Å²) in [5.41, 5.74) is 0. The lowest BCUT2D eigenvalue weighted by atomic mass is 10.2. The predicted octanol–water partition coefficient (Wildman–Crippen LogP) is 2.41. The molecule has 3 nitrogen and oxygen atoms in total. The third-order valence-corrected chi connectivity index (χ3v) is 2.53. The van der Waals surface area contributed by atoms with E-state index in [9.17, 15) is 4.79 Å². The summed E-state index contributed by atoms with van der Waals surface area (Å²) in [5.74, 6) is 0.294. The summed E-state index contributed by atoms with van der Waals surface area (Å²) in [7, 11) is 0. The van der Waals surface area contributed by atoms with Gasteiger partial charge in [0.25, 0.3) is 0 Å². The van der Waals surface area contributed by atoms with Crippen LogP contribution in [0.5, 0.6) is 0 Å². The van der Waals surface area contributed by atoms with E-state index in [0.29, 0.717) is 24.4 Å². The van der Waals surface area contributed by atoms with Crippen LogP contribution in [0.25, 0.3) is 0 Å². The smallest absolute Gasteiger partial charge is 0.222 e. The van der Waals surface area contributed by atoms with Crippen LogP contribution in [0.1, 0.15) is 53.9 Å². The first-order valence-electron chi connectivity index (χ1n) is 6.51. The number of hydrogen-bond acceptors (Lipinski definition) is 2. The van der Waals surface area contributed by atoms with Crippen molar-refractivity contribution in [1.29, 1.82) is 0 Å². The molecule has 1 N–H and O–H groups in total. The first kappa shape index (κ1) is 15.4. The van der Waals surface area contributed by atoms with Crippen molar-refractivity contribution in [3.05, 3.63) is 0 Å². The minimum atomic E-state index is 0.294. The van der Waals surface area contributed by atoms with Crippen molar-refractivity contribution < 1.29 is 4.79 Å². The molecule has 0 aromatic carbocycles. The average molecular weight is 228 g/mol. The Bertz CT molecular complexity index is 190. The van der Waals surface area contributed by atoms with Gasteiger partial charge in [-0.1, -0.05) is 20.8 Å². The summed E-state index contributed by atoms with van der Waals surface area (Å²) in [4.78, 5) is 13.9. The summed E-state index contributed by atoms with van der Waals surface area (Å²) in [5, 5.41) is 3.33. The van der Waals surface area contributed by atoms with Crippen molar-refractivity contribution in [2.24, 2.45) is 0 Å². The van der Waals surface area contributed by atoms with E-state index >= 15 is 0 Å². The maximum absolute atomic E-state index is 11.9. The third kappa shape index (κ3) is 6.83. The number of nitrogens with zero attached hydrogens (tertiary/aromatic N) is 1. The number of carbonyl (C=O) groups excluding carboxylic acids is 1. The van der Waals surface area contributed by atoms with Gasteiger partial charge in [0, 0.05) is 25.0 Å². The third-order valence-electron chi connectivity index (χ3n) is 2.53. The molecule has 0 atom stereocenters. The summed E-state index contributed by atoms with van der Waals surface area (Å²) < 4.78 is 0. The van der Waals surface area contributed by atoms with Gasteiger partial charge < -0.3 is 10.2 Å². The zero-order valence-electron chi connectivity index (χ0n) is 11.5. The monoisotopic (exact) mass is 228 g/mol. The SMILES string of the molecule is CCCN(C(=O)CCCNC(C)C)C(C)C. The molecular formula is C13H28N2O. The Morgan fingerprint density at radius 1 is 1.25 bits per heavy atom. The maximum Gasteiger partial charge on any atom is 0.222 e. The Hall–Kier alpha value is -0.570. The van der Waals surface area contributed by atoms with Crippen LogP contribution in [-0.2, 0) is 4.79 Å². The molecule has 96 valence electrons.